The van der Waals surface area contributed by atoms with Crippen LogP contribution in [0.5, 0.6) is 5.88 Å². The van der Waals surface area contributed by atoms with Crippen molar-refractivity contribution in [1.29, 1.82) is 0 Å². The lowest BCUT2D eigenvalue weighted by Crippen LogP contribution is -2.05. The van der Waals surface area contributed by atoms with E-state index < -0.39 is 0 Å². The predicted molar refractivity (Wildman–Crippen MR) is 101 cm³/mol. The van der Waals surface area contributed by atoms with E-state index in [9.17, 15) is 0 Å². The van der Waals surface area contributed by atoms with Gasteiger partial charge in [-0.3, -0.25) is 4.98 Å². The summed E-state index contributed by atoms with van der Waals surface area (Å²) >= 11 is 0. The van der Waals surface area contributed by atoms with E-state index in [1.165, 1.54) is 16.8 Å². The Morgan fingerprint density at radius 2 is 1.77 bits per heavy atom. The van der Waals surface area contributed by atoms with E-state index in [-0.39, 0.29) is 0 Å². The van der Waals surface area contributed by atoms with Crippen LogP contribution in [0.4, 0.5) is 0 Å². The summed E-state index contributed by atoms with van der Waals surface area (Å²) in [4.78, 5) is 4.13. The molecule has 130 valence electrons. The molecule has 0 spiro atoms. The van der Waals surface area contributed by atoms with Crippen molar-refractivity contribution >= 4 is 10.9 Å². The quantitative estimate of drug-likeness (QED) is 0.548. The molecule has 0 atom stereocenters. The van der Waals surface area contributed by atoms with E-state index >= 15 is 0 Å². The molecule has 0 aliphatic heterocycles. The van der Waals surface area contributed by atoms with Crippen LogP contribution >= 0.6 is 0 Å². The molecule has 3 aromatic heterocycles. The van der Waals surface area contributed by atoms with Crippen molar-refractivity contribution in [3.63, 3.8) is 0 Å². The van der Waals surface area contributed by atoms with Crippen molar-refractivity contribution in [2.75, 3.05) is 0 Å². The van der Waals surface area contributed by atoms with Crippen molar-refractivity contribution in [3.8, 4) is 5.88 Å². The Bertz CT molecular complexity index is 1030. The number of benzene rings is 1. The number of fused-ring (bicyclic) bond motifs is 1. The molecule has 0 aliphatic rings. The molecule has 4 aromatic rings. The number of aryl methyl sites for hydroxylation is 1. The molecule has 5 nitrogen and oxygen atoms in total. The first-order valence-electron chi connectivity index (χ1n) is 8.60. The van der Waals surface area contributed by atoms with E-state index in [1.54, 1.807) is 12.4 Å². The monoisotopic (exact) mass is 344 g/mol. The Kier molecular flexibility index (Phi) is 4.35. The maximum absolute atomic E-state index is 6.02. The highest BCUT2D eigenvalue weighted by Crippen LogP contribution is 2.31. The molecule has 0 fully saturated rings. The standard InChI is InChI=1S/C21H20N4O/c1-15-16(2)25(13-17-7-4-3-5-8-17)20-19(15)12-23-24-21(20)26-14-18-9-6-10-22-11-18/h3-12H,13-14H2,1-2H3. The molecule has 0 saturated heterocycles. The molecule has 0 unspecified atom stereocenters. The average molecular weight is 344 g/mol. The Labute approximate surface area is 152 Å². The highest BCUT2D eigenvalue weighted by atomic mass is 16.5. The highest BCUT2D eigenvalue weighted by Gasteiger charge is 2.17. The Hall–Kier alpha value is -3.21. The normalized spacial score (nSPS) is 11.0. The molecule has 0 radical (unpaired) electrons. The van der Waals surface area contributed by atoms with Crippen molar-refractivity contribution in [2.45, 2.75) is 27.0 Å². The molecule has 0 amide bonds. The third-order valence-electron chi connectivity index (χ3n) is 4.70. The van der Waals surface area contributed by atoms with E-state index in [0.29, 0.717) is 12.5 Å². The molecule has 0 bridgehead atoms. The smallest absolute Gasteiger partial charge is 0.258 e. The number of rotatable bonds is 5. The summed E-state index contributed by atoms with van der Waals surface area (Å²) in [6.07, 6.45) is 5.37. The minimum atomic E-state index is 0.413. The van der Waals surface area contributed by atoms with Crippen molar-refractivity contribution in [3.05, 3.63) is 83.4 Å². The van der Waals surface area contributed by atoms with Gasteiger partial charge in [0, 0.05) is 35.6 Å². The number of hydrogen-bond acceptors (Lipinski definition) is 4. The van der Waals surface area contributed by atoms with Crippen LogP contribution in [-0.4, -0.2) is 19.7 Å². The van der Waals surface area contributed by atoms with Crippen molar-refractivity contribution in [2.24, 2.45) is 0 Å². The van der Waals surface area contributed by atoms with Crippen LogP contribution in [0.1, 0.15) is 22.4 Å². The fourth-order valence-electron chi connectivity index (χ4n) is 3.16. The van der Waals surface area contributed by atoms with Gasteiger partial charge in [0.1, 0.15) is 12.1 Å². The SMILES string of the molecule is Cc1c(C)n(Cc2ccccc2)c2c(OCc3cccnc3)nncc12. The summed E-state index contributed by atoms with van der Waals surface area (Å²) in [7, 11) is 0. The maximum Gasteiger partial charge on any atom is 0.258 e. The maximum atomic E-state index is 6.02. The minimum absolute atomic E-state index is 0.413. The molecule has 0 aliphatic carbocycles. The van der Waals surface area contributed by atoms with Gasteiger partial charge in [-0.1, -0.05) is 36.4 Å². The molecule has 0 N–H and O–H groups in total. The summed E-state index contributed by atoms with van der Waals surface area (Å²) in [5.74, 6) is 0.554. The van der Waals surface area contributed by atoms with Gasteiger partial charge in [-0.2, -0.15) is 5.10 Å². The summed E-state index contributed by atoms with van der Waals surface area (Å²) in [6.45, 7) is 5.43. The zero-order chi connectivity index (χ0) is 17.9. The van der Waals surface area contributed by atoms with Gasteiger partial charge in [0.2, 0.25) is 0 Å². The number of pyridine rings is 1. The molecule has 0 saturated carbocycles. The fraction of sp³-hybridized carbons (Fsp3) is 0.190. The second-order valence-corrected chi connectivity index (χ2v) is 6.34. The van der Waals surface area contributed by atoms with Crippen molar-refractivity contribution in [1.82, 2.24) is 19.7 Å². The molecular formula is C21H20N4O. The molecule has 26 heavy (non-hydrogen) atoms. The third kappa shape index (κ3) is 3.04. The van der Waals surface area contributed by atoms with Crippen LogP contribution in [0.3, 0.4) is 0 Å². The predicted octanol–water partition coefficient (Wildman–Crippen LogP) is 4.07. The second kappa shape index (κ2) is 6.96. The van der Waals surface area contributed by atoms with Crippen LogP contribution in [0, 0.1) is 13.8 Å². The number of ether oxygens (including phenoxy) is 1. The summed E-state index contributed by atoms with van der Waals surface area (Å²) in [5, 5.41) is 9.49. The van der Waals surface area contributed by atoms with Gasteiger partial charge in [0.05, 0.1) is 6.20 Å². The number of nitrogens with zero attached hydrogens (tertiary/aromatic N) is 4. The Morgan fingerprint density at radius 1 is 0.962 bits per heavy atom. The topological polar surface area (TPSA) is 52.8 Å². The fourth-order valence-corrected chi connectivity index (χ4v) is 3.16. The summed E-state index contributed by atoms with van der Waals surface area (Å²) in [5.41, 5.74) is 5.63. The minimum Gasteiger partial charge on any atom is -0.470 e. The first-order valence-corrected chi connectivity index (χ1v) is 8.60. The largest absolute Gasteiger partial charge is 0.470 e. The summed E-state index contributed by atoms with van der Waals surface area (Å²) in [6, 6.07) is 14.3. The first kappa shape index (κ1) is 16.3. The van der Waals surface area contributed by atoms with Crippen LogP contribution < -0.4 is 4.74 Å². The number of hydrogen-bond donors (Lipinski definition) is 0. The zero-order valence-corrected chi connectivity index (χ0v) is 14.9. The average Bonchev–Trinajstić information content (AvgIpc) is 2.93. The third-order valence-corrected chi connectivity index (χ3v) is 4.70. The second-order valence-electron chi connectivity index (χ2n) is 6.34. The lowest BCUT2D eigenvalue weighted by Gasteiger charge is -2.11. The van der Waals surface area contributed by atoms with Gasteiger partial charge in [0.15, 0.2) is 0 Å². The van der Waals surface area contributed by atoms with Crippen molar-refractivity contribution < 1.29 is 4.74 Å². The van der Waals surface area contributed by atoms with Gasteiger partial charge in [-0.05, 0) is 31.0 Å². The Morgan fingerprint density at radius 3 is 2.54 bits per heavy atom. The number of aromatic nitrogens is 4. The molecule has 5 heteroatoms. The van der Waals surface area contributed by atoms with Gasteiger partial charge in [-0.15, -0.1) is 5.10 Å². The highest BCUT2D eigenvalue weighted by molar-refractivity contribution is 5.88. The Balaban J connectivity index is 1.75. The van der Waals surface area contributed by atoms with Crippen LogP contribution in [0.15, 0.2) is 61.1 Å². The van der Waals surface area contributed by atoms with Gasteiger partial charge < -0.3 is 9.30 Å². The van der Waals surface area contributed by atoms with E-state index in [1.807, 2.05) is 24.4 Å². The van der Waals surface area contributed by atoms with Gasteiger partial charge in [-0.25, -0.2) is 0 Å². The van der Waals surface area contributed by atoms with Gasteiger partial charge in [0.25, 0.3) is 5.88 Å². The van der Waals surface area contributed by atoms with Crippen LogP contribution in [0.2, 0.25) is 0 Å². The van der Waals surface area contributed by atoms with Crippen LogP contribution in [-0.2, 0) is 13.2 Å². The molecule has 3 heterocycles. The van der Waals surface area contributed by atoms with Gasteiger partial charge >= 0.3 is 0 Å². The zero-order valence-electron chi connectivity index (χ0n) is 14.9. The van der Waals surface area contributed by atoms with E-state index in [4.69, 9.17) is 4.74 Å². The lowest BCUT2D eigenvalue weighted by molar-refractivity contribution is 0.292. The molecular weight excluding hydrogens is 324 g/mol. The summed E-state index contributed by atoms with van der Waals surface area (Å²) < 4.78 is 8.27. The van der Waals surface area contributed by atoms with Crippen LogP contribution in [0.25, 0.3) is 10.9 Å². The molecule has 1 aromatic carbocycles. The van der Waals surface area contributed by atoms with E-state index in [0.717, 1.165) is 23.0 Å². The molecule has 4 rings (SSSR count). The lowest BCUT2D eigenvalue weighted by atomic mass is 10.2. The van der Waals surface area contributed by atoms with E-state index in [2.05, 4.69) is 57.9 Å². The first-order chi connectivity index (χ1) is 12.7.